The number of hydrogen-bond acceptors (Lipinski definition) is 7. The molecule has 0 saturated carbocycles. The molecule has 1 aliphatic rings. The number of hydrogen-bond donors (Lipinski definition) is 0. The van der Waals surface area contributed by atoms with Crippen molar-refractivity contribution in [2.75, 3.05) is 37.9 Å². The van der Waals surface area contributed by atoms with Gasteiger partial charge in [-0.3, -0.25) is 4.79 Å². The fourth-order valence-electron chi connectivity index (χ4n) is 3.66. The lowest BCUT2D eigenvalue weighted by atomic mass is 10.1. The molecule has 1 atom stereocenters. The maximum Gasteiger partial charge on any atom is 0.233 e. The molecular weight excluding hydrogens is 460 g/mol. The van der Waals surface area contributed by atoms with Crippen LogP contribution in [0.5, 0.6) is 0 Å². The van der Waals surface area contributed by atoms with Gasteiger partial charge in [-0.25, -0.2) is 0 Å². The number of carbonyl (C=O) groups is 1. The molecule has 3 aromatic rings. The molecule has 10 heteroatoms. The van der Waals surface area contributed by atoms with Gasteiger partial charge in [-0.05, 0) is 59.2 Å². The summed E-state index contributed by atoms with van der Waals surface area (Å²) in [5, 5.41) is 13.0. The van der Waals surface area contributed by atoms with Crippen molar-refractivity contribution in [3.8, 4) is 5.69 Å². The predicted octanol–water partition coefficient (Wildman–Crippen LogP) is 3.68. The van der Waals surface area contributed by atoms with Crippen molar-refractivity contribution < 1.29 is 9.53 Å². The van der Waals surface area contributed by atoms with Gasteiger partial charge in [0.2, 0.25) is 11.1 Å². The molecule has 174 valence electrons. The molecule has 1 saturated heterocycles. The monoisotopic (exact) mass is 486 g/mol. The van der Waals surface area contributed by atoms with Gasteiger partial charge in [0, 0.05) is 44.5 Å². The van der Waals surface area contributed by atoms with Gasteiger partial charge in [0.1, 0.15) is 0 Å². The van der Waals surface area contributed by atoms with Crippen molar-refractivity contribution in [3.05, 3.63) is 59.1 Å². The SMILES string of the molecule is CN(C)c1ccc(CN(C[C@H]2CCCO2)C(=O)CSc2nnnn2-c2cccc(Cl)c2)cc1. The average Bonchev–Trinajstić information content (AvgIpc) is 3.49. The van der Waals surface area contributed by atoms with Gasteiger partial charge in [-0.1, -0.05) is 41.6 Å². The number of nitrogens with zero attached hydrogens (tertiary/aromatic N) is 6. The van der Waals surface area contributed by atoms with E-state index in [1.807, 2.05) is 31.1 Å². The van der Waals surface area contributed by atoms with Gasteiger partial charge >= 0.3 is 0 Å². The molecule has 0 bridgehead atoms. The van der Waals surface area contributed by atoms with Gasteiger partial charge in [0.05, 0.1) is 17.5 Å². The van der Waals surface area contributed by atoms with E-state index in [0.29, 0.717) is 23.3 Å². The Morgan fingerprint density at radius 1 is 1.24 bits per heavy atom. The Hall–Kier alpha value is -2.62. The molecule has 1 fully saturated rings. The fraction of sp³-hybridized carbons (Fsp3) is 0.391. The van der Waals surface area contributed by atoms with Crippen LogP contribution in [0.4, 0.5) is 5.69 Å². The Labute approximate surface area is 202 Å². The van der Waals surface area contributed by atoms with Crippen molar-refractivity contribution in [1.82, 2.24) is 25.1 Å². The minimum atomic E-state index is 0.0211. The summed E-state index contributed by atoms with van der Waals surface area (Å²) in [6.45, 7) is 1.87. The van der Waals surface area contributed by atoms with Crippen LogP contribution in [0.3, 0.4) is 0 Å². The van der Waals surface area contributed by atoms with Crippen LogP contribution in [-0.2, 0) is 16.1 Å². The van der Waals surface area contributed by atoms with Crippen molar-refractivity contribution in [2.45, 2.75) is 30.6 Å². The minimum Gasteiger partial charge on any atom is -0.378 e. The van der Waals surface area contributed by atoms with E-state index >= 15 is 0 Å². The summed E-state index contributed by atoms with van der Waals surface area (Å²) >= 11 is 7.41. The summed E-state index contributed by atoms with van der Waals surface area (Å²) in [7, 11) is 4.02. The Balaban J connectivity index is 1.45. The Morgan fingerprint density at radius 2 is 2.06 bits per heavy atom. The van der Waals surface area contributed by atoms with Crippen LogP contribution in [0.1, 0.15) is 18.4 Å². The molecule has 1 amide bonds. The molecule has 4 rings (SSSR count). The number of aromatic nitrogens is 4. The van der Waals surface area contributed by atoms with Gasteiger partial charge in [-0.15, -0.1) is 5.10 Å². The highest BCUT2D eigenvalue weighted by atomic mass is 35.5. The van der Waals surface area contributed by atoms with E-state index in [-0.39, 0.29) is 17.8 Å². The van der Waals surface area contributed by atoms with Gasteiger partial charge < -0.3 is 14.5 Å². The van der Waals surface area contributed by atoms with Crippen LogP contribution in [0.15, 0.2) is 53.7 Å². The summed E-state index contributed by atoms with van der Waals surface area (Å²) in [6, 6.07) is 15.6. The largest absolute Gasteiger partial charge is 0.378 e. The molecule has 2 aromatic carbocycles. The Kier molecular flexibility index (Phi) is 7.85. The van der Waals surface area contributed by atoms with Gasteiger partial charge in [-0.2, -0.15) is 4.68 Å². The summed E-state index contributed by atoms with van der Waals surface area (Å²) in [6.07, 6.45) is 2.09. The molecular formula is C23H27ClN6O2S. The highest BCUT2D eigenvalue weighted by Crippen LogP contribution is 2.22. The number of amides is 1. The third kappa shape index (κ3) is 6.25. The number of anilines is 1. The molecule has 8 nitrogen and oxygen atoms in total. The lowest BCUT2D eigenvalue weighted by molar-refractivity contribution is -0.130. The second-order valence-corrected chi connectivity index (χ2v) is 9.49. The van der Waals surface area contributed by atoms with Crippen LogP contribution < -0.4 is 4.90 Å². The van der Waals surface area contributed by atoms with Crippen molar-refractivity contribution >= 4 is 35.0 Å². The standard InChI is InChI=1S/C23H27ClN6O2S/c1-28(2)19-10-8-17(9-11-19)14-29(15-21-7-4-12-32-21)22(31)16-33-23-25-26-27-30(23)20-6-3-5-18(24)13-20/h3,5-6,8-11,13,21H,4,7,12,14-16H2,1-2H3/t21-/m1/s1. The average molecular weight is 487 g/mol. The van der Waals surface area contributed by atoms with Crippen LogP contribution in [0.25, 0.3) is 5.69 Å². The normalized spacial score (nSPS) is 15.5. The first-order valence-corrected chi connectivity index (χ1v) is 12.2. The van der Waals surface area contributed by atoms with Crippen molar-refractivity contribution in [3.63, 3.8) is 0 Å². The fourth-order valence-corrected chi connectivity index (χ4v) is 4.64. The van der Waals surface area contributed by atoms with Crippen LogP contribution in [0.2, 0.25) is 5.02 Å². The smallest absolute Gasteiger partial charge is 0.233 e. The third-order valence-corrected chi connectivity index (χ3v) is 6.58. The highest BCUT2D eigenvalue weighted by molar-refractivity contribution is 7.99. The maximum atomic E-state index is 13.2. The molecule has 0 radical (unpaired) electrons. The quantitative estimate of drug-likeness (QED) is 0.427. The number of rotatable bonds is 9. The molecule has 2 heterocycles. The summed E-state index contributed by atoms with van der Waals surface area (Å²) in [5.74, 6) is 0.247. The zero-order valence-electron chi connectivity index (χ0n) is 18.7. The molecule has 0 aliphatic carbocycles. The molecule has 0 N–H and O–H groups in total. The van der Waals surface area contributed by atoms with Crippen LogP contribution in [0, 0.1) is 0 Å². The van der Waals surface area contributed by atoms with E-state index in [2.05, 4.69) is 44.7 Å². The second kappa shape index (κ2) is 11.0. The summed E-state index contributed by atoms with van der Waals surface area (Å²) in [5.41, 5.74) is 2.96. The lowest BCUT2D eigenvalue weighted by Gasteiger charge is -2.26. The first-order chi connectivity index (χ1) is 16.0. The third-order valence-electron chi connectivity index (χ3n) is 5.45. The molecule has 1 aliphatic heterocycles. The molecule has 1 aromatic heterocycles. The number of carbonyl (C=O) groups excluding carboxylic acids is 1. The Bertz CT molecular complexity index is 1070. The molecule has 33 heavy (non-hydrogen) atoms. The summed E-state index contributed by atoms with van der Waals surface area (Å²) in [4.78, 5) is 17.2. The lowest BCUT2D eigenvalue weighted by Crippen LogP contribution is -2.38. The Morgan fingerprint density at radius 3 is 2.76 bits per heavy atom. The summed E-state index contributed by atoms with van der Waals surface area (Å²) < 4.78 is 7.40. The topological polar surface area (TPSA) is 76.4 Å². The van der Waals surface area contributed by atoms with E-state index in [1.165, 1.54) is 11.8 Å². The second-order valence-electron chi connectivity index (χ2n) is 8.11. The van der Waals surface area contributed by atoms with Gasteiger partial charge in [0.25, 0.3) is 0 Å². The van der Waals surface area contributed by atoms with Crippen molar-refractivity contribution in [1.29, 1.82) is 0 Å². The minimum absolute atomic E-state index is 0.0211. The number of halogens is 1. The number of ether oxygens (including phenoxy) is 1. The predicted molar refractivity (Wildman–Crippen MR) is 130 cm³/mol. The van der Waals surface area contributed by atoms with E-state index in [9.17, 15) is 4.79 Å². The zero-order chi connectivity index (χ0) is 23.2. The molecule has 0 spiro atoms. The number of thioether (sulfide) groups is 1. The van der Waals surface area contributed by atoms with Crippen LogP contribution >= 0.6 is 23.4 Å². The van der Waals surface area contributed by atoms with E-state index in [1.54, 1.807) is 16.8 Å². The number of benzene rings is 2. The van der Waals surface area contributed by atoms with Crippen LogP contribution in [-0.4, -0.2) is 70.1 Å². The highest BCUT2D eigenvalue weighted by Gasteiger charge is 2.24. The number of tetrazole rings is 1. The first kappa shape index (κ1) is 23.5. The molecule has 0 unspecified atom stereocenters. The van der Waals surface area contributed by atoms with Crippen molar-refractivity contribution in [2.24, 2.45) is 0 Å². The van der Waals surface area contributed by atoms with E-state index in [4.69, 9.17) is 16.3 Å². The van der Waals surface area contributed by atoms with Gasteiger partial charge in [0.15, 0.2) is 0 Å². The zero-order valence-corrected chi connectivity index (χ0v) is 20.3. The first-order valence-electron chi connectivity index (χ1n) is 10.8. The van der Waals surface area contributed by atoms with E-state index < -0.39 is 0 Å². The van der Waals surface area contributed by atoms with E-state index in [0.717, 1.165) is 36.4 Å². The maximum absolute atomic E-state index is 13.2.